The minimum Gasteiger partial charge on any atom is -1.00 e. The van der Waals surface area contributed by atoms with Crippen molar-refractivity contribution in [2.24, 2.45) is 0 Å². The van der Waals surface area contributed by atoms with Crippen LogP contribution in [0.4, 0.5) is 0 Å². The van der Waals surface area contributed by atoms with Crippen LogP contribution in [0.5, 0.6) is 5.75 Å². The van der Waals surface area contributed by atoms with Gasteiger partial charge >= 0.3 is 103 Å². The van der Waals surface area contributed by atoms with E-state index >= 15 is 0 Å². The van der Waals surface area contributed by atoms with E-state index in [0.29, 0.717) is 0 Å². The maximum absolute atomic E-state index is 5.89. The molecule has 0 saturated carbocycles. The van der Waals surface area contributed by atoms with Gasteiger partial charge in [0.15, 0.2) is 0 Å². The predicted octanol–water partition coefficient (Wildman–Crippen LogP) is -2.31. The standard InChI is InChI=1S/C7H9.C6H6O.2ClH.Zr/c1-6-4-3-5-7(6)2;7-6-4-2-1-3-5-6;;;/h4H,3H2,1-2H3;1-5,7H;2*1H;/q;;;;+3/p-3. The summed E-state index contributed by atoms with van der Waals surface area (Å²) in [5.41, 5.74) is 2.90. The van der Waals surface area contributed by atoms with Gasteiger partial charge in [0.25, 0.3) is 0 Å². The van der Waals surface area contributed by atoms with Gasteiger partial charge in [0, 0.05) is 0 Å². The largest absolute Gasteiger partial charge is 1.00 e. The van der Waals surface area contributed by atoms with Gasteiger partial charge < -0.3 is 24.8 Å². The van der Waals surface area contributed by atoms with Crippen molar-refractivity contribution in [2.45, 2.75) is 20.3 Å². The Morgan fingerprint density at radius 2 is 1.71 bits per heavy atom. The zero-order chi connectivity index (χ0) is 10.7. The zero-order valence-electron chi connectivity index (χ0n) is 9.84. The minimum atomic E-state index is -0.848. The van der Waals surface area contributed by atoms with Gasteiger partial charge in [0.1, 0.15) is 0 Å². The molecule has 1 aromatic rings. The Morgan fingerprint density at radius 3 is 2.24 bits per heavy atom. The zero-order valence-corrected chi connectivity index (χ0v) is 13.8. The molecular weight excluding hydrogens is 334 g/mol. The molecule has 0 heterocycles. The summed E-state index contributed by atoms with van der Waals surface area (Å²) >= 11 is -0.848. The molecule has 2 rings (SSSR count). The number of halogens is 2. The van der Waals surface area contributed by atoms with E-state index in [9.17, 15) is 0 Å². The molecule has 4 heteroatoms. The van der Waals surface area contributed by atoms with E-state index in [4.69, 9.17) is 2.81 Å². The fourth-order valence-electron chi connectivity index (χ4n) is 1.53. The van der Waals surface area contributed by atoms with E-state index in [1.807, 2.05) is 30.3 Å². The van der Waals surface area contributed by atoms with Crippen molar-refractivity contribution in [3.63, 3.8) is 0 Å². The maximum atomic E-state index is 5.89. The summed E-state index contributed by atoms with van der Waals surface area (Å²) in [4.78, 5) is 0. The quantitative estimate of drug-likeness (QED) is 0.597. The summed E-state index contributed by atoms with van der Waals surface area (Å²) in [5.74, 6) is 1.02. The molecule has 1 nitrogen and oxygen atoms in total. The molecule has 1 aromatic carbocycles. The van der Waals surface area contributed by atoms with Crippen LogP contribution in [0.1, 0.15) is 20.3 Å². The third-order valence-corrected chi connectivity index (χ3v) is 5.55. The van der Waals surface area contributed by atoms with Gasteiger partial charge in [-0.25, -0.2) is 0 Å². The average molecular weight is 348 g/mol. The van der Waals surface area contributed by atoms with E-state index in [2.05, 4.69) is 19.9 Å². The van der Waals surface area contributed by atoms with Gasteiger partial charge in [-0.3, -0.25) is 0 Å². The molecule has 0 unspecified atom stereocenters. The van der Waals surface area contributed by atoms with Crippen molar-refractivity contribution in [3.05, 3.63) is 50.8 Å². The molecule has 0 fully saturated rings. The van der Waals surface area contributed by atoms with Crippen molar-refractivity contribution >= 4 is 0 Å². The van der Waals surface area contributed by atoms with Gasteiger partial charge in [-0.2, -0.15) is 0 Å². The molecular formula is C13H14Cl2OZr. The molecule has 0 spiro atoms. The Labute approximate surface area is 127 Å². The molecule has 0 atom stereocenters. The summed E-state index contributed by atoms with van der Waals surface area (Å²) in [7, 11) is 0. The van der Waals surface area contributed by atoms with E-state index in [1.54, 1.807) is 3.28 Å². The third-order valence-electron chi connectivity index (χ3n) is 2.69. The molecule has 0 amide bonds. The van der Waals surface area contributed by atoms with E-state index in [-0.39, 0.29) is 24.8 Å². The van der Waals surface area contributed by atoms with Gasteiger partial charge in [0.2, 0.25) is 0 Å². The van der Waals surface area contributed by atoms with Crippen LogP contribution in [-0.2, 0) is 23.7 Å². The van der Waals surface area contributed by atoms with E-state index in [1.165, 1.54) is 11.1 Å². The Balaban J connectivity index is 0.00000128. The SMILES string of the molecule is CC1=CC[C]([Zr+2][O]c2ccccc2)=C1C.[Cl-].[Cl-]. The third kappa shape index (κ3) is 4.62. The van der Waals surface area contributed by atoms with Crippen LogP contribution < -0.4 is 27.6 Å². The van der Waals surface area contributed by atoms with E-state index < -0.39 is 23.7 Å². The van der Waals surface area contributed by atoms with Gasteiger partial charge in [-0.15, -0.1) is 0 Å². The number of allylic oxidation sites excluding steroid dienone is 4. The monoisotopic (exact) mass is 346 g/mol. The van der Waals surface area contributed by atoms with Crippen LogP contribution in [0.3, 0.4) is 0 Å². The van der Waals surface area contributed by atoms with Crippen molar-refractivity contribution < 1.29 is 51.3 Å². The summed E-state index contributed by atoms with van der Waals surface area (Å²) < 4.78 is 7.46. The summed E-state index contributed by atoms with van der Waals surface area (Å²) in [5, 5.41) is 0. The normalized spacial score (nSPS) is 13.2. The molecule has 1 aliphatic carbocycles. The molecule has 0 radical (unpaired) electrons. The first-order valence-electron chi connectivity index (χ1n) is 5.12. The molecule has 0 bridgehead atoms. The van der Waals surface area contributed by atoms with Gasteiger partial charge in [-0.05, 0) is 0 Å². The second kappa shape index (κ2) is 8.13. The number of hydrogen-bond acceptors (Lipinski definition) is 1. The van der Waals surface area contributed by atoms with Crippen LogP contribution in [0.2, 0.25) is 0 Å². The van der Waals surface area contributed by atoms with Gasteiger partial charge in [0.05, 0.1) is 0 Å². The first-order valence-corrected chi connectivity index (χ1v) is 7.35. The fourth-order valence-corrected chi connectivity index (χ4v) is 3.77. The Kier molecular flexibility index (Phi) is 8.12. The van der Waals surface area contributed by atoms with Crippen LogP contribution in [-0.4, -0.2) is 0 Å². The first-order chi connectivity index (χ1) is 7.27. The summed E-state index contributed by atoms with van der Waals surface area (Å²) in [6.07, 6.45) is 3.43. The predicted molar refractivity (Wildman–Crippen MR) is 58.1 cm³/mol. The molecule has 0 aliphatic heterocycles. The minimum absolute atomic E-state index is 0. The molecule has 0 aromatic heterocycles. The van der Waals surface area contributed by atoms with Crippen LogP contribution in [0, 0.1) is 0 Å². The van der Waals surface area contributed by atoms with Crippen LogP contribution in [0.25, 0.3) is 0 Å². The summed E-state index contributed by atoms with van der Waals surface area (Å²) in [6, 6.07) is 10.1. The second-order valence-electron chi connectivity index (χ2n) is 3.71. The van der Waals surface area contributed by atoms with E-state index in [0.717, 1.165) is 12.2 Å². The molecule has 17 heavy (non-hydrogen) atoms. The topological polar surface area (TPSA) is 9.23 Å². The maximum Gasteiger partial charge on any atom is -1.00 e. The van der Waals surface area contributed by atoms with Gasteiger partial charge in [-0.1, -0.05) is 0 Å². The van der Waals surface area contributed by atoms with Crippen LogP contribution in [0.15, 0.2) is 50.8 Å². The van der Waals surface area contributed by atoms with Crippen molar-refractivity contribution in [1.29, 1.82) is 0 Å². The number of para-hydroxylation sites is 1. The summed E-state index contributed by atoms with van der Waals surface area (Å²) in [6.45, 7) is 4.40. The molecule has 90 valence electrons. The van der Waals surface area contributed by atoms with Crippen LogP contribution >= 0.6 is 0 Å². The Morgan fingerprint density at radius 1 is 1.06 bits per heavy atom. The number of benzene rings is 1. The molecule has 0 saturated heterocycles. The smallest absolute Gasteiger partial charge is 1.00 e. The molecule has 0 N–H and O–H groups in total. The second-order valence-corrected chi connectivity index (χ2v) is 6.20. The number of hydrogen-bond donors (Lipinski definition) is 0. The molecule has 1 aliphatic rings. The Bertz CT molecular complexity index is 413. The van der Waals surface area contributed by atoms with Crippen molar-refractivity contribution in [3.8, 4) is 5.75 Å². The Hall–Kier alpha value is -0.0369. The van der Waals surface area contributed by atoms with Crippen molar-refractivity contribution in [2.75, 3.05) is 0 Å². The van der Waals surface area contributed by atoms with Crippen molar-refractivity contribution in [1.82, 2.24) is 0 Å². The number of rotatable bonds is 3. The fraction of sp³-hybridized carbons (Fsp3) is 0.231. The average Bonchev–Trinajstić information content (AvgIpc) is 2.59. The first kappa shape index (κ1) is 17.0.